The van der Waals surface area contributed by atoms with Crippen LogP contribution in [0.2, 0.25) is 0 Å². The van der Waals surface area contributed by atoms with E-state index in [1.54, 1.807) is 7.05 Å². The lowest BCUT2D eigenvalue weighted by molar-refractivity contribution is -0.131. The molecule has 0 aliphatic heterocycles. The van der Waals surface area contributed by atoms with E-state index in [1.165, 1.54) is 11.0 Å². The molecule has 0 spiro atoms. The third kappa shape index (κ3) is 2.48. The van der Waals surface area contributed by atoms with Crippen molar-refractivity contribution < 1.29 is 13.6 Å². The highest BCUT2D eigenvalue weighted by molar-refractivity contribution is 5.93. The predicted molar refractivity (Wildman–Crippen MR) is 49.4 cm³/mol. The van der Waals surface area contributed by atoms with Gasteiger partial charge in [0.15, 0.2) is 0 Å². The summed E-state index contributed by atoms with van der Waals surface area (Å²) >= 11 is 0. The van der Waals surface area contributed by atoms with E-state index in [4.69, 9.17) is 0 Å². The Labute approximate surface area is 85.5 Å². The number of rotatable bonds is 3. The highest BCUT2D eigenvalue weighted by Crippen LogP contribution is 2.25. The summed E-state index contributed by atoms with van der Waals surface area (Å²) in [5.41, 5.74) is -1.75. The van der Waals surface area contributed by atoms with Crippen molar-refractivity contribution >= 4 is 11.9 Å². The van der Waals surface area contributed by atoms with Gasteiger partial charge in [0.1, 0.15) is 11.7 Å². The molecule has 1 heterocycles. The predicted octanol–water partition coefficient (Wildman–Crippen LogP) is 1.04. The normalized spacial score (nSPS) is 11.9. The molecule has 0 fully saturated rings. The molecular formula is C8H12F2N4O. The molecule has 0 unspecified atom stereocenters. The first kappa shape index (κ1) is 11.5. The van der Waals surface area contributed by atoms with Gasteiger partial charge in [-0.1, -0.05) is 0 Å². The Morgan fingerprint density at radius 1 is 1.60 bits per heavy atom. The van der Waals surface area contributed by atoms with Crippen molar-refractivity contribution in [1.29, 1.82) is 0 Å². The molecule has 0 aromatic carbocycles. The molecule has 0 atom stereocenters. The van der Waals surface area contributed by atoms with Crippen LogP contribution in [0.15, 0.2) is 6.33 Å². The zero-order valence-corrected chi connectivity index (χ0v) is 8.66. The zero-order valence-electron chi connectivity index (χ0n) is 8.66. The highest BCUT2D eigenvalue weighted by Gasteiger charge is 2.38. The van der Waals surface area contributed by atoms with Gasteiger partial charge < -0.3 is 0 Å². The van der Waals surface area contributed by atoms with Gasteiger partial charge in [-0.3, -0.25) is 14.8 Å². The zero-order chi connectivity index (χ0) is 11.6. The summed E-state index contributed by atoms with van der Waals surface area (Å²) in [7, 11) is 1.61. The first-order valence-corrected chi connectivity index (χ1v) is 4.29. The second kappa shape index (κ2) is 3.92. The number of hydrogen-bond acceptors (Lipinski definition) is 3. The van der Waals surface area contributed by atoms with Gasteiger partial charge in [-0.25, -0.2) is 13.8 Å². The fourth-order valence-corrected chi connectivity index (χ4v) is 0.758. The van der Waals surface area contributed by atoms with Crippen LogP contribution in [0.4, 0.5) is 14.7 Å². The summed E-state index contributed by atoms with van der Waals surface area (Å²) in [6, 6.07) is 0. The van der Waals surface area contributed by atoms with Crippen molar-refractivity contribution in [3.63, 3.8) is 0 Å². The van der Waals surface area contributed by atoms with Gasteiger partial charge in [0.05, 0.1) is 0 Å². The lowest BCUT2D eigenvalue weighted by Gasteiger charge is -2.20. The largest absolute Gasteiger partial charge is 0.293 e. The molecule has 0 saturated carbocycles. The summed E-state index contributed by atoms with van der Waals surface area (Å²) in [5.74, 6) is -0.778. The van der Waals surface area contributed by atoms with Crippen molar-refractivity contribution in [3.8, 4) is 0 Å². The van der Waals surface area contributed by atoms with Crippen LogP contribution in [-0.2, 0) is 11.8 Å². The van der Waals surface area contributed by atoms with Gasteiger partial charge in [0.25, 0.3) is 6.43 Å². The Kier molecular flexibility index (Phi) is 3.01. The van der Waals surface area contributed by atoms with Gasteiger partial charge in [-0.2, -0.15) is 0 Å². The van der Waals surface area contributed by atoms with Crippen molar-refractivity contribution in [3.05, 3.63) is 6.33 Å². The first-order chi connectivity index (χ1) is 6.84. The van der Waals surface area contributed by atoms with E-state index in [0.717, 1.165) is 13.8 Å². The quantitative estimate of drug-likeness (QED) is 0.824. The maximum atomic E-state index is 12.5. The number of nitrogens with zero attached hydrogens (tertiary/aromatic N) is 3. The molecule has 0 bridgehead atoms. The molecule has 0 saturated heterocycles. The molecule has 0 aliphatic carbocycles. The Bertz CT molecular complexity index is 361. The highest BCUT2D eigenvalue weighted by atomic mass is 19.3. The number of nitrogens with one attached hydrogen (secondary N) is 1. The molecule has 0 radical (unpaired) electrons. The molecule has 1 aromatic rings. The second-order valence-electron chi connectivity index (χ2n) is 3.72. The molecule has 1 amide bonds. The van der Waals surface area contributed by atoms with Gasteiger partial charge in [0.2, 0.25) is 11.9 Å². The van der Waals surface area contributed by atoms with E-state index >= 15 is 0 Å². The number of aromatic nitrogens is 3. The molecule has 1 aromatic heterocycles. The molecular weight excluding hydrogens is 206 g/mol. The van der Waals surface area contributed by atoms with Crippen molar-refractivity contribution in [2.75, 3.05) is 5.32 Å². The maximum absolute atomic E-state index is 12.5. The van der Waals surface area contributed by atoms with E-state index in [-0.39, 0.29) is 5.95 Å². The number of halogens is 2. The first-order valence-electron chi connectivity index (χ1n) is 4.29. The van der Waals surface area contributed by atoms with Crippen LogP contribution in [0.3, 0.4) is 0 Å². The number of aryl methyl sites for hydroxylation is 1. The summed E-state index contributed by atoms with van der Waals surface area (Å²) in [6.07, 6.45) is -1.37. The summed E-state index contributed by atoms with van der Waals surface area (Å²) in [5, 5.41) is 5.97. The van der Waals surface area contributed by atoms with Crippen LogP contribution < -0.4 is 5.32 Å². The maximum Gasteiger partial charge on any atom is 0.252 e. The van der Waals surface area contributed by atoms with Gasteiger partial charge in [-0.15, -0.1) is 5.10 Å². The summed E-state index contributed by atoms with van der Waals surface area (Å²) in [6.45, 7) is 2.33. The second-order valence-corrected chi connectivity index (χ2v) is 3.72. The third-order valence-corrected chi connectivity index (χ3v) is 1.96. The lowest BCUT2D eigenvalue weighted by Crippen LogP contribution is -2.37. The Morgan fingerprint density at radius 3 is 2.60 bits per heavy atom. The topological polar surface area (TPSA) is 59.8 Å². The summed E-state index contributed by atoms with van der Waals surface area (Å²) < 4.78 is 26.3. The van der Waals surface area contributed by atoms with E-state index in [2.05, 4.69) is 15.4 Å². The van der Waals surface area contributed by atoms with Crippen LogP contribution >= 0.6 is 0 Å². The Hall–Kier alpha value is -1.53. The smallest absolute Gasteiger partial charge is 0.252 e. The number of amides is 1. The van der Waals surface area contributed by atoms with Crippen molar-refractivity contribution in [1.82, 2.24) is 14.8 Å². The fourth-order valence-electron chi connectivity index (χ4n) is 0.758. The van der Waals surface area contributed by atoms with Gasteiger partial charge in [-0.05, 0) is 13.8 Å². The average Bonchev–Trinajstić information content (AvgIpc) is 2.50. The molecule has 5 nitrogen and oxygen atoms in total. The van der Waals surface area contributed by atoms with Gasteiger partial charge >= 0.3 is 0 Å². The number of alkyl halides is 2. The SMILES string of the molecule is Cn1cnc(NC(=O)C(C)(C)C(F)F)n1. The molecule has 84 valence electrons. The minimum absolute atomic E-state index is 0.0243. The van der Waals surface area contributed by atoms with Crippen LogP contribution in [0, 0.1) is 5.41 Å². The third-order valence-electron chi connectivity index (χ3n) is 1.96. The minimum atomic E-state index is -2.73. The Morgan fingerprint density at radius 2 is 2.20 bits per heavy atom. The van der Waals surface area contributed by atoms with E-state index < -0.39 is 17.7 Å². The van der Waals surface area contributed by atoms with Crippen LogP contribution in [-0.4, -0.2) is 27.1 Å². The van der Waals surface area contributed by atoms with Crippen molar-refractivity contribution in [2.24, 2.45) is 12.5 Å². The van der Waals surface area contributed by atoms with E-state index in [1.807, 2.05) is 0 Å². The molecule has 15 heavy (non-hydrogen) atoms. The number of anilines is 1. The van der Waals surface area contributed by atoms with E-state index in [9.17, 15) is 13.6 Å². The van der Waals surface area contributed by atoms with Gasteiger partial charge in [0, 0.05) is 7.05 Å². The van der Waals surface area contributed by atoms with E-state index in [0.29, 0.717) is 0 Å². The van der Waals surface area contributed by atoms with Crippen LogP contribution in [0.5, 0.6) is 0 Å². The lowest BCUT2D eigenvalue weighted by atomic mass is 9.93. The summed E-state index contributed by atoms with van der Waals surface area (Å²) in [4.78, 5) is 15.1. The Balaban J connectivity index is 2.71. The average molecular weight is 218 g/mol. The number of carbonyl (C=O) groups excluding carboxylic acids is 1. The number of carbonyl (C=O) groups is 1. The van der Waals surface area contributed by atoms with Crippen LogP contribution in [0.25, 0.3) is 0 Å². The van der Waals surface area contributed by atoms with Crippen LogP contribution in [0.1, 0.15) is 13.8 Å². The van der Waals surface area contributed by atoms with Crippen molar-refractivity contribution in [2.45, 2.75) is 20.3 Å². The molecule has 0 aliphatic rings. The standard InChI is InChI=1S/C8H12F2N4O/c1-8(2,5(9)10)6(15)12-7-11-4-14(3)13-7/h4-5H,1-3H3,(H,12,13,15). The minimum Gasteiger partial charge on any atom is -0.293 e. The molecule has 7 heteroatoms. The fraction of sp³-hybridized carbons (Fsp3) is 0.625. The number of hydrogen-bond donors (Lipinski definition) is 1. The monoisotopic (exact) mass is 218 g/mol. The molecule has 1 N–H and O–H groups in total. The molecule has 1 rings (SSSR count).